The number of benzene rings is 1. The molecule has 108 valence electrons. The van der Waals surface area contributed by atoms with E-state index in [9.17, 15) is 12.8 Å². The Morgan fingerprint density at radius 3 is 2.63 bits per heavy atom. The number of nitrogens with one attached hydrogen (secondary N) is 1. The number of hydrogen-bond acceptors (Lipinski definition) is 3. The summed E-state index contributed by atoms with van der Waals surface area (Å²) >= 11 is 0. The zero-order chi connectivity index (χ0) is 14.5. The Morgan fingerprint density at radius 2 is 2.05 bits per heavy atom. The third-order valence-corrected chi connectivity index (χ3v) is 4.67. The summed E-state index contributed by atoms with van der Waals surface area (Å²) in [5.74, 6) is -0.187. The van der Waals surface area contributed by atoms with Gasteiger partial charge in [0.25, 0.3) is 0 Å². The fourth-order valence-electron chi connectivity index (χ4n) is 1.71. The molecule has 1 aromatic rings. The summed E-state index contributed by atoms with van der Waals surface area (Å²) in [6.07, 6.45) is 0.666. The van der Waals surface area contributed by atoms with Gasteiger partial charge in [-0.25, -0.2) is 17.1 Å². The molecule has 0 bridgehead atoms. The molecule has 0 aliphatic rings. The molecule has 0 aromatic heterocycles. The van der Waals surface area contributed by atoms with E-state index < -0.39 is 10.0 Å². The molecule has 6 heteroatoms. The fraction of sp³-hybridized carbons (Fsp3) is 0.538. The topological polar surface area (TPSA) is 49.4 Å². The number of sulfonamides is 1. The smallest absolute Gasteiger partial charge is 0.214 e. The second-order valence-electron chi connectivity index (χ2n) is 4.79. The number of rotatable bonds is 7. The molecule has 4 nitrogen and oxygen atoms in total. The largest absolute Gasteiger partial charge is 0.313 e. The molecule has 0 spiro atoms. The summed E-state index contributed by atoms with van der Waals surface area (Å²) in [5, 5.41) is 3.13. The van der Waals surface area contributed by atoms with Crippen molar-refractivity contribution in [3.8, 4) is 0 Å². The van der Waals surface area contributed by atoms with E-state index in [2.05, 4.69) is 5.32 Å². The molecule has 1 rings (SSSR count). The Kier molecular flexibility index (Phi) is 5.90. The molecule has 0 fully saturated rings. The molecule has 0 aliphatic heterocycles. The first-order valence-corrected chi connectivity index (χ1v) is 7.80. The van der Waals surface area contributed by atoms with Crippen molar-refractivity contribution in [2.24, 2.45) is 0 Å². The molecular weight excluding hydrogens is 267 g/mol. The van der Waals surface area contributed by atoms with Crippen LogP contribution >= 0.6 is 0 Å². The van der Waals surface area contributed by atoms with Crippen molar-refractivity contribution in [2.45, 2.75) is 19.4 Å². The van der Waals surface area contributed by atoms with Gasteiger partial charge in [0.05, 0.1) is 5.75 Å². The van der Waals surface area contributed by atoms with E-state index in [4.69, 9.17) is 0 Å². The summed E-state index contributed by atoms with van der Waals surface area (Å²) in [6.45, 7) is 2.34. The van der Waals surface area contributed by atoms with Crippen LogP contribution in [0.2, 0.25) is 0 Å². The Bertz CT molecular complexity index is 503. The van der Waals surface area contributed by atoms with Gasteiger partial charge in [0, 0.05) is 26.7 Å². The van der Waals surface area contributed by atoms with E-state index >= 15 is 0 Å². The molecule has 0 aliphatic carbocycles. The van der Waals surface area contributed by atoms with E-state index in [0.717, 1.165) is 5.56 Å². The maximum Gasteiger partial charge on any atom is 0.214 e. The Hall–Kier alpha value is -0.980. The van der Waals surface area contributed by atoms with Crippen molar-refractivity contribution >= 4 is 10.0 Å². The second kappa shape index (κ2) is 6.98. The molecule has 0 saturated heterocycles. The van der Waals surface area contributed by atoms with Crippen LogP contribution in [-0.2, 0) is 16.4 Å². The number of hydrogen-bond donors (Lipinski definition) is 1. The van der Waals surface area contributed by atoms with Gasteiger partial charge in [-0.3, -0.25) is 0 Å². The van der Waals surface area contributed by atoms with Gasteiger partial charge in [0.1, 0.15) is 5.82 Å². The van der Waals surface area contributed by atoms with Crippen LogP contribution in [0.15, 0.2) is 24.3 Å². The van der Waals surface area contributed by atoms with Gasteiger partial charge < -0.3 is 5.32 Å². The standard InChI is InChI=1S/C13H21FN2O2S/c1-11(9-12-5-4-6-13(14)10-12)15-7-8-19(17,18)16(2)3/h4-6,10-11,15H,7-9H2,1-3H3. The molecule has 1 atom stereocenters. The molecule has 0 saturated carbocycles. The van der Waals surface area contributed by atoms with Gasteiger partial charge in [-0.05, 0) is 31.0 Å². The number of halogens is 1. The Balaban J connectivity index is 2.39. The van der Waals surface area contributed by atoms with Crippen LogP contribution in [0, 0.1) is 5.82 Å². The monoisotopic (exact) mass is 288 g/mol. The fourth-order valence-corrected chi connectivity index (χ4v) is 2.45. The lowest BCUT2D eigenvalue weighted by Crippen LogP contribution is -2.35. The van der Waals surface area contributed by atoms with Crippen molar-refractivity contribution in [3.05, 3.63) is 35.6 Å². The average molecular weight is 288 g/mol. The summed E-state index contributed by atoms with van der Waals surface area (Å²) in [6, 6.07) is 6.53. The molecule has 0 radical (unpaired) electrons. The van der Waals surface area contributed by atoms with Crippen LogP contribution in [-0.4, -0.2) is 45.2 Å². The van der Waals surface area contributed by atoms with Crippen molar-refractivity contribution < 1.29 is 12.8 Å². The van der Waals surface area contributed by atoms with Gasteiger partial charge >= 0.3 is 0 Å². The lowest BCUT2D eigenvalue weighted by atomic mass is 10.1. The lowest BCUT2D eigenvalue weighted by molar-refractivity contribution is 0.509. The normalized spacial score (nSPS) is 13.7. The Morgan fingerprint density at radius 1 is 1.37 bits per heavy atom. The van der Waals surface area contributed by atoms with E-state index in [1.807, 2.05) is 13.0 Å². The predicted octanol–water partition coefficient (Wildman–Crippen LogP) is 1.24. The Labute approximate surface area is 114 Å². The molecule has 0 heterocycles. The highest BCUT2D eigenvalue weighted by molar-refractivity contribution is 7.89. The van der Waals surface area contributed by atoms with Crippen molar-refractivity contribution in [1.82, 2.24) is 9.62 Å². The molecule has 1 unspecified atom stereocenters. The number of nitrogens with zero attached hydrogens (tertiary/aromatic N) is 1. The van der Waals surface area contributed by atoms with Crippen LogP contribution in [0.3, 0.4) is 0 Å². The van der Waals surface area contributed by atoms with Gasteiger partial charge in [-0.15, -0.1) is 0 Å². The van der Waals surface area contributed by atoms with Crippen LogP contribution in [0.4, 0.5) is 4.39 Å². The van der Waals surface area contributed by atoms with Crippen LogP contribution in [0.1, 0.15) is 12.5 Å². The minimum Gasteiger partial charge on any atom is -0.313 e. The SMILES string of the molecule is CC(Cc1cccc(F)c1)NCCS(=O)(=O)N(C)C. The third-order valence-electron chi connectivity index (χ3n) is 2.84. The maximum atomic E-state index is 13.0. The van der Waals surface area contributed by atoms with E-state index in [1.165, 1.54) is 30.5 Å². The first-order chi connectivity index (χ1) is 8.81. The van der Waals surface area contributed by atoms with Crippen molar-refractivity contribution in [1.29, 1.82) is 0 Å². The zero-order valence-electron chi connectivity index (χ0n) is 11.6. The first kappa shape index (κ1) is 16.1. The van der Waals surface area contributed by atoms with Crippen LogP contribution in [0.5, 0.6) is 0 Å². The molecule has 1 aromatic carbocycles. The molecule has 1 N–H and O–H groups in total. The summed E-state index contributed by atoms with van der Waals surface area (Å²) in [5.41, 5.74) is 0.899. The molecule has 19 heavy (non-hydrogen) atoms. The summed E-state index contributed by atoms with van der Waals surface area (Å²) < 4.78 is 37.3. The van der Waals surface area contributed by atoms with Crippen LogP contribution < -0.4 is 5.32 Å². The van der Waals surface area contributed by atoms with Gasteiger partial charge in [0.2, 0.25) is 10.0 Å². The van der Waals surface area contributed by atoms with E-state index in [1.54, 1.807) is 6.07 Å². The highest BCUT2D eigenvalue weighted by atomic mass is 32.2. The predicted molar refractivity (Wildman–Crippen MR) is 75.0 cm³/mol. The third kappa shape index (κ3) is 5.67. The van der Waals surface area contributed by atoms with E-state index in [0.29, 0.717) is 13.0 Å². The highest BCUT2D eigenvalue weighted by Gasteiger charge is 2.13. The highest BCUT2D eigenvalue weighted by Crippen LogP contribution is 2.06. The minimum absolute atomic E-state index is 0.0630. The zero-order valence-corrected chi connectivity index (χ0v) is 12.4. The van der Waals surface area contributed by atoms with Gasteiger partial charge in [-0.1, -0.05) is 12.1 Å². The van der Waals surface area contributed by atoms with E-state index in [-0.39, 0.29) is 17.6 Å². The van der Waals surface area contributed by atoms with Crippen molar-refractivity contribution in [3.63, 3.8) is 0 Å². The van der Waals surface area contributed by atoms with Gasteiger partial charge in [0.15, 0.2) is 0 Å². The summed E-state index contributed by atoms with van der Waals surface area (Å²) in [4.78, 5) is 0. The minimum atomic E-state index is -3.16. The molecular formula is C13H21FN2O2S. The first-order valence-electron chi connectivity index (χ1n) is 6.19. The van der Waals surface area contributed by atoms with Crippen molar-refractivity contribution in [2.75, 3.05) is 26.4 Å². The lowest BCUT2D eigenvalue weighted by Gasteiger charge is -2.16. The van der Waals surface area contributed by atoms with Crippen LogP contribution in [0.25, 0.3) is 0 Å². The second-order valence-corrected chi connectivity index (χ2v) is 7.09. The average Bonchev–Trinajstić information content (AvgIpc) is 2.28. The quantitative estimate of drug-likeness (QED) is 0.821. The maximum absolute atomic E-state index is 13.0. The molecule has 0 amide bonds. The van der Waals surface area contributed by atoms with Gasteiger partial charge in [-0.2, -0.15) is 0 Å². The summed E-state index contributed by atoms with van der Waals surface area (Å²) in [7, 11) is -0.124.